The van der Waals surface area contributed by atoms with E-state index in [1.54, 1.807) is 35.6 Å². The standard InChI is InChI=1S/C33H39F3N6OS/c1-22(2)30(29(43)16-27-18-39-21-41(27)19-24-14-12-23(17-37)13-15-24)31(38)42(32(44)40-26-9-4-3-5-10-26)20-25-8-6-7-11-28(25)33(34,35)36/h6-8,11-15,18,21-22,26,30-31H,3-5,9-10,16,19-20,38H2,1-2H3,(H,40,44)/t30-,31?/m1/s1. The molecule has 11 heteroatoms. The molecule has 3 aromatic rings. The zero-order valence-corrected chi connectivity index (χ0v) is 25.9. The third-order valence-electron chi connectivity index (χ3n) is 8.26. The van der Waals surface area contributed by atoms with Crippen molar-refractivity contribution in [2.24, 2.45) is 17.6 Å². The van der Waals surface area contributed by atoms with Crippen LogP contribution >= 0.6 is 12.2 Å². The van der Waals surface area contributed by atoms with Crippen molar-refractivity contribution in [3.8, 4) is 6.07 Å². The Morgan fingerprint density at radius 3 is 2.48 bits per heavy atom. The predicted octanol–water partition coefficient (Wildman–Crippen LogP) is 6.20. The average Bonchev–Trinajstić information content (AvgIpc) is 3.42. The van der Waals surface area contributed by atoms with Gasteiger partial charge in [-0.15, -0.1) is 0 Å². The molecule has 1 fully saturated rings. The van der Waals surface area contributed by atoms with Gasteiger partial charge in [0.25, 0.3) is 0 Å². The number of halogens is 3. The lowest BCUT2D eigenvalue weighted by Gasteiger charge is -2.39. The van der Waals surface area contributed by atoms with Crippen LogP contribution in [0.4, 0.5) is 13.2 Å². The van der Waals surface area contributed by atoms with Crippen molar-refractivity contribution in [2.45, 2.75) is 83.8 Å². The number of hydrogen-bond acceptors (Lipinski definition) is 5. The first-order valence-electron chi connectivity index (χ1n) is 15.0. The Hall–Kier alpha value is -3.75. The van der Waals surface area contributed by atoms with Crippen molar-refractivity contribution in [1.82, 2.24) is 19.8 Å². The average molecular weight is 625 g/mol. The number of thiocarbonyl (C=S) groups is 1. The Labute approximate surface area is 262 Å². The van der Waals surface area contributed by atoms with Gasteiger partial charge in [-0.1, -0.05) is 63.4 Å². The normalized spacial score (nSPS) is 15.4. The van der Waals surface area contributed by atoms with Crippen LogP contribution in [0.3, 0.4) is 0 Å². The number of nitrogens with zero attached hydrogens (tertiary/aromatic N) is 4. The maximum Gasteiger partial charge on any atom is 0.416 e. The summed E-state index contributed by atoms with van der Waals surface area (Å²) in [6.07, 6.45) is 2.87. The highest BCUT2D eigenvalue weighted by atomic mass is 32.1. The summed E-state index contributed by atoms with van der Waals surface area (Å²) >= 11 is 5.80. The molecule has 0 amide bonds. The number of imidazole rings is 1. The van der Waals surface area contributed by atoms with Crippen molar-refractivity contribution >= 4 is 23.1 Å². The number of hydrogen-bond donors (Lipinski definition) is 2. The molecule has 2 atom stereocenters. The molecule has 234 valence electrons. The largest absolute Gasteiger partial charge is 0.416 e. The molecule has 1 aromatic heterocycles. The molecule has 3 N–H and O–H groups in total. The molecule has 1 heterocycles. The zero-order valence-electron chi connectivity index (χ0n) is 25.1. The molecule has 1 unspecified atom stereocenters. The van der Waals surface area contributed by atoms with Gasteiger partial charge in [-0.3, -0.25) is 4.79 Å². The Morgan fingerprint density at radius 1 is 1.16 bits per heavy atom. The zero-order chi connectivity index (χ0) is 31.9. The summed E-state index contributed by atoms with van der Waals surface area (Å²) in [6.45, 7) is 4.04. The molecule has 0 spiro atoms. The number of rotatable bonds is 11. The van der Waals surface area contributed by atoms with Gasteiger partial charge < -0.3 is 20.5 Å². The van der Waals surface area contributed by atoms with E-state index in [0.717, 1.165) is 43.7 Å². The smallest absolute Gasteiger partial charge is 0.360 e. The number of carbonyl (C=O) groups is 1. The molecular formula is C33H39F3N6OS. The van der Waals surface area contributed by atoms with Crippen LogP contribution in [0.15, 0.2) is 61.1 Å². The second-order valence-electron chi connectivity index (χ2n) is 11.8. The fourth-order valence-corrected chi connectivity index (χ4v) is 6.25. The topological polar surface area (TPSA) is 100.0 Å². The van der Waals surface area contributed by atoms with Gasteiger partial charge in [-0.05, 0) is 60.3 Å². The monoisotopic (exact) mass is 624 g/mol. The number of Topliss-reactive ketones (excluding diaryl/α,β-unsaturated/α-hetero) is 1. The summed E-state index contributed by atoms with van der Waals surface area (Å²) in [5.74, 6) is -1.09. The van der Waals surface area contributed by atoms with E-state index >= 15 is 0 Å². The molecule has 0 aliphatic heterocycles. The number of aromatic nitrogens is 2. The number of nitrogens with one attached hydrogen (secondary N) is 1. The van der Waals surface area contributed by atoms with Crippen LogP contribution in [0.25, 0.3) is 0 Å². The van der Waals surface area contributed by atoms with Crippen molar-refractivity contribution in [3.63, 3.8) is 0 Å². The SMILES string of the molecule is CC(C)[C@H](C(=O)Cc1cncn1Cc1ccc(C#N)cc1)C(N)N(Cc1ccccc1C(F)(F)F)C(=S)NC1CCCCC1. The highest BCUT2D eigenvalue weighted by Gasteiger charge is 2.37. The number of carbonyl (C=O) groups excluding carboxylic acids is 1. The highest BCUT2D eigenvalue weighted by molar-refractivity contribution is 7.80. The van der Waals surface area contributed by atoms with Gasteiger partial charge in [0.1, 0.15) is 5.78 Å². The van der Waals surface area contributed by atoms with Crippen LogP contribution in [0, 0.1) is 23.2 Å². The van der Waals surface area contributed by atoms with Crippen molar-refractivity contribution in [1.29, 1.82) is 5.26 Å². The summed E-state index contributed by atoms with van der Waals surface area (Å²) in [4.78, 5) is 19.8. The summed E-state index contributed by atoms with van der Waals surface area (Å²) in [6, 6.07) is 14.8. The molecule has 44 heavy (non-hydrogen) atoms. The van der Waals surface area contributed by atoms with Crippen LogP contribution in [-0.2, 0) is 30.5 Å². The first kappa shape index (κ1) is 33.1. The van der Waals surface area contributed by atoms with E-state index < -0.39 is 23.8 Å². The van der Waals surface area contributed by atoms with Crippen LogP contribution in [0.2, 0.25) is 0 Å². The lowest BCUT2D eigenvalue weighted by molar-refractivity contribution is -0.138. The van der Waals surface area contributed by atoms with E-state index in [1.807, 2.05) is 30.5 Å². The third kappa shape index (κ3) is 8.45. The molecule has 1 aliphatic carbocycles. The minimum Gasteiger partial charge on any atom is -0.360 e. The molecule has 4 rings (SSSR count). The Bertz CT molecular complexity index is 1460. The fraction of sp³-hybridized carbons (Fsp3) is 0.455. The van der Waals surface area contributed by atoms with Gasteiger partial charge in [-0.25, -0.2) is 4.98 Å². The summed E-state index contributed by atoms with van der Waals surface area (Å²) in [7, 11) is 0. The summed E-state index contributed by atoms with van der Waals surface area (Å²) < 4.78 is 43.7. The highest BCUT2D eigenvalue weighted by Crippen LogP contribution is 2.33. The second-order valence-corrected chi connectivity index (χ2v) is 12.2. The summed E-state index contributed by atoms with van der Waals surface area (Å²) in [5, 5.41) is 12.7. The van der Waals surface area contributed by atoms with Crippen LogP contribution in [0.5, 0.6) is 0 Å². The number of nitriles is 1. The van der Waals surface area contributed by atoms with E-state index in [1.165, 1.54) is 12.1 Å². The molecule has 7 nitrogen and oxygen atoms in total. The maximum absolute atomic E-state index is 14.0. The maximum atomic E-state index is 14.0. The molecule has 0 bridgehead atoms. The van der Waals surface area contributed by atoms with E-state index in [-0.39, 0.29) is 41.4 Å². The Morgan fingerprint density at radius 2 is 1.84 bits per heavy atom. The first-order chi connectivity index (χ1) is 21.0. The number of alkyl halides is 3. The molecule has 1 saturated carbocycles. The number of benzene rings is 2. The van der Waals surface area contributed by atoms with E-state index in [9.17, 15) is 18.0 Å². The van der Waals surface area contributed by atoms with E-state index in [4.69, 9.17) is 23.2 Å². The molecule has 0 saturated heterocycles. The second kappa shape index (κ2) is 14.8. The molecule has 2 aromatic carbocycles. The van der Waals surface area contributed by atoms with Crippen LogP contribution in [0.1, 0.15) is 73.9 Å². The Kier molecular flexibility index (Phi) is 11.2. The van der Waals surface area contributed by atoms with Crippen molar-refractivity contribution < 1.29 is 18.0 Å². The van der Waals surface area contributed by atoms with Gasteiger partial charge >= 0.3 is 6.18 Å². The van der Waals surface area contributed by atoms with Gasteiger partial charge in [0.15, 0.2) is 5.11 Å². The minimum atomic E-state index is -4.55. The predicted molar refractivity (Wildman–Crippen MR) is 167 cm³/mol. The van der Waals surface area contributed by atoms with Crippen LogP contribution in [-0.4, -0.2) is 37.6 Å². The molecule has 0 radical (unpaired) electrons. The summed E-state index contributed by atoms with van der Waals surface area (Å²) in [5.41, 5.74) is 8.32. The fourth-order valence-electron chi connectivity index (χ4n) is 5.90. The lowest BCUT2D eigenvalue weighted by Crippen LogP contribution is -2.57. The quantitative estimate of drug-likeness (QED) is 0.194. The van der Waals surface area contributed by atoms with Crippen LogP contribution < -0.4 is 11.1 Å². The van der Waals surface area contributed by atoms with Gasteiger partial charge in [-0.2, -0.15) is 18.4 Å². The van der Waals surface area contributed by atoms with Crippen molar-refractivity contribution in [2.75, 3.05) is 0 Å². The first-order valence-corrected chi connectivity index (χ1v) is 15.4. The van der Waals surface area contributed by atoms with Gasteiger partial charge in [0.2, 0.25) is 0 Å². The number of nitrogens with two attached hydrogens (primary N) is 1. The Balaban J connectivity index is 1.59. The molecule has 1 aliphatic rings. The minimum absolute atomic E-state index is 0.0405. The van der Waals surface area contributed by atoms with E-state index in [0.29, 0.717) is 17.8 Å². The third-order valence-corrected chi connectivity index (χ3v) is 8.62. The van der Waals surface area contributed by atoms with Crippen molar-refractivity contribution in [3.05, 3.63) is 89.0 Å². The van der Waals surface area contributed by atoms with E-state index in [2.05, 4.69) is 16.4 Å². The van der Waals surface area contributed by atoms with Gasteiger partial charge in [0, 0.05) is 37.4 Å². The molecular weight excluding hydrogens is 585 g/mol. The number of ketones is 1. The lowest BCUT2D eigenvalue weighted by atomic mass is 9.86. The van der Waals surface area contributed by atoms with Gasteiger partial charge in [0.05, 0.1) is 35.6 Å².